The maximum Gasteiger partial charge on any atom is 0.358 e. The molecule has 0 radical (unpaired) electrons. The zero-order valence-electron chi connectivity index (χ0n) is 12.6. The third-order valence-corrected chi connectivity index (χ3v) is 4.09. The molecule has 1 saturated carbocycles. The Hall–Kier alpha value is -2.70. The lowest BCUT2D eigenvalue weighted by molar-refractivity contribution is -0.122. The average Bonchev–Trinajstić information content (AvgIpc) is 2.88. The van der Waals surface area contributed by atoms with E-state index in [0.717, 1.165) is 24.8 Å². The number of aromatic nitrogens is 3. The van der Waals surface area contributed by atoms with Crippen molar-refractivity contribution in [3.63, 3.8) is 0 Å². The van der Waals surface area contributed by atoms with Gasteiger partial charge in [0.15, 0.2) is 5.69 Å². The molecule has 2 N–H and O–H groups in total. The highest BCUT2D eigenvalue weighted by Gasteiger charge is 2.30. The molecule has 0 atom stereocenters. The molecule has 2 aromatic rings. The summed E-state index contributed by atoms with van der Waals surface area (Å²) in [7, 11) is 0. The first-order chi connectivity index (χ1) is 11.1. The van der Waals surface area contributed by atoms with Crippen LogP contribution in [0.15, 0.2) is 30.3 Å². The number of nitrogens with one attached hydrogen (secondary N) is 1. The van der Waals surface area contributed by atoms with E-state index >= 15 is 0 Å². The van der Waals surface area contributed by atoms with Crippen LogP contribution in [0.4, 0.5) is 0 Å². The van der Waals surface area contributed by atoms with E-state index in [2.05, 4.69) is 15.6 Å². The molecule has 1 aromatic carbocycles. The Morgan fingerprint density at radius 1 is 1.26 bits per heavy atom. The normalized spacial score (nSPS) is 14.3. The summed E-state index contributed by atoms with van der Waals surface area (Å²) in [5, 5.41) is 19.6. The van der Waals surface area contributed by atoms with Crippen LogP contribution in [0.1, 0.15) is 46.9 Å². The lowest BCUT2D eigenvalue weighted by atomic mass is 9.82. The molecule has 1 heterocycles. The monoisotopic (exact) mass is 314 g/mol. The summed E-state index contributed by atoms with van der Waals surface area (Å²) < 4.78 is 1.42. The second-order valence-corrected chi connectivity index (χ2v) is 5.68. The highest BCUT2D eigenvalue weighted by atomic mass is 16.4. The zero-order valence-corrected chi connectivity index (χ0v) is 12.6. The number of carbonyl (C=O) groups is 2. The predicted molar refractivity (Wildman–Crippen MR) is 81.9 cm³/mol. The van der Waals surface area contributed by atoms with Gasteiger partial charge in [-0.2, -0.15) is 0 Å². The fourth-order valence-corrected chi connectivity index (χ4v) is 2.66. The fraction of sp³-hybridized carbons (Fsp3) is 0.375. The van der Waals surface area contributed by atoms with E-state index in [1.54, 1.807) is 0 Å². The molecule has 7 nitrogen and oxygen atoms in total. The van der Waals surface area contributed by atoms with Gasteiger partial charge in [-0.1, -0.05) is 42.0 Å². The minimum absolute atomic E-state index is 0.0149. The Balaban J connectivity index is 1.67. The van der Waals surface area contributed by atoms with Crippen molar-refractivity contribution < 1.29 is 14.7 Å². The van der Waals surface area contributed by atoms with E-state index in [9.17, 15) is 14.7 Å². The first-order valence-electron chi connectivity index (χ1n) is 7.62. The van der Waals surface area contributed by atoms with Gasteiger partial charge in [-0.15, -0.1) is 5.10 Å². The van der Waals surface area contributed by atoms with Crippen LogP contribution >= 0.6 is 0 Å². The Bertz CT molecular complexity index is 707. The molecule has 120 valence electrons. The van der Waals surface area contributed by atoms with Crippen LogP contribution < -0.4 is 5.32 Å². The van der Waals surface area contributed by atoms with Gasteiger partial charge in [0, 0.05) is 12.5 Å². The van der Waals surface area contributed by atoms with Crippen LogP contribution in [0.2, 0.25) is 0 Å². The van der Waals surface area contributed by atoms with Crippen LogP contribution in [-0.4, -0.2) is 32.0 Å². The van der Waals surface area contributed by atoms with Gasteiger partial charge in [-0.3, -0.25) is 4.79 Å². The van der Waals surface area contributed by atoms with Crippen molar-refractivity contribution >= 4 is 11.9 Å². The SMILES string of the molecule is O=C(Cn1nnc(C(=O)O)c1C1CCC1)NCc1ccccc1. The number of carboxylic acids is 1. The number of carboxylic acid groups (broad SMARTS) is 1. The number of nitrogens with zero attached hydrogens (tertiary/aromatic N) is 3. The molecule has 23 heavy (non-hydrogen) atoms. The number of aromatic carboxylic acids is 1. The minimum atomic E-state index is -1.09. The molecular weight excluding hydrogens is 296 g/mol. The van der Waals surface area contributed by atoms with Gasteiger partial charge in [0.25, 0.3) is 0 Å². The van der Waals surface area contributed by atoms with Gasteiger partial charge in [-0.05, 0) is 18.4 Å². The van der Waals surface area contributed by atoms with Crippen molar-refractivity contribution in [1.29, 1.82) is 0 Å². The number of carbonyl (C=O) groups excluding carboxylic acids is 1. The van der Waals surface area contributed by atoms with Gasteiger partial charge in [0.05, 0.1) is 5.69 Å². The van der Waals surface area contributed by atoms with Gasteiger partial charge in [0.1, 0.15) is 6.54 Å². The van der Waals surface area contributed by atoms with Crippen molar-refractivity contribution in [3.05, 3.63) is 47.3 Å². The number of hydrogen-bond donors (Lipinski definition) is 2. The first-order valence-corrected chi connectivity index (χ1v) is 7.62. The summed E-state index contributed by atoms with van der Waals surface area (Å²) in [4.78, 5) is 23.4. The molecule has 3 rings (SSSR count). The van der Waals surface area contributed by atoms with Crippen molar-refractivity contribution in [3.8, 4) is 0 Å². The molecule has 7 heteroatoms. The Morgan fingerprint density at radius 2 is 2.00 bits per heavy atom. The molecule has 0 aliphatic heterocycles. The van der Waals surface area contributed by atoms with Gasteiger partial charge in [-0.25, -0.2) is 9.48 Å². The summed E-state index contributed by atoms with van der Waals surface area (Å²) in [5.74, 6) is -1.17. The van der Waals surface area contributed by atoms with Crippen LogP contribution in [0.3, 0.4) is 0 Å². The lowest BCUT2D eigenvalue weighted by Crippen LogP contribution is -2.29. The standard InChI is InChI=1S/C16H18N4O3/c21-13(17-9-11-5-2-1-3-6-11)10-20-15(12-7-4-8-12)14(16(22)23)18-19-20/h1-3,5-6,12H,4,7-10H2,(H,17,21)(H,22,23). The number of rotatable bonds is 6. The zero-order chi connectivity index (χ0) is 16.2. The first kappa shape index (κ1) is 15.2. The van der Waals surface area contributed by atoms with Gasteiger partial charge < -0.3 is 10.4 Å². The van der Waals surface area contributed by atoms with Crippen molar-refractivity contribution in [1.82, 2.24) is 20.3 Å². The number of amides is 1. The summed E-state index contributed by atoms with van der Waals surface area (Å²) in [6.45, 7) is 0.415. The molecule has 1 fully saturated rings. The maximum atomic E-state index is 12.1. The van der Waals surface area contributed by atoms with E-state index < -0.39 is 5.97 Å². The van der Waals surface area contributed by atoms with Gasteiger partial charge in [0.2, 0.25) is 5.91 Å². The summed E-state index contributed by atoms with van der Waals surface area (Å²) in [5.41, 5.74) is 1.54. The fourth-order valence-electron chi connectivity index (χ4n) is 2.66. The molecular formula is C16H18N4O3. The Morgan fingerprint density at radius 3 is 2.61 bits per heavy atom. The second-order valence-electron chi connectivity index (χ2n) is 5.68. The summed E-state index contributed by atoms with van der Waals surface area (Å²) >= 11 is 0. The topological polar surface area (TPSA) is 97.1 Å². The van der Waals surface area contributed by atoms with Gasteiger partial charge >= 0.3 is 5.97 Å². The van der Waals surface area contributed by atoms with Crippen LogP contribution in [0.5, 0.6) is 0 Å². The maximum absolute atomic E-state index is 12.1. The van der Waals surface area contributed by atoms with E-state index in [-0.39, 0.29) is 24.1 Å². The van der Waals surface area contributed by atoms with Crippen LogP contribution in [-0.2, 0) is 17.9 Å². The second kappa shape index (κ2) is 6.60. The number of benzene rings is 1. The molecule has 1 aliphatic carbocycles. The van der Waals surface area contributed by atoms with E-state index in [1.165, 1.54) is 4.68 Å². The molecule has 1 amide bonds. The van der Waals surface area contributed by atoms with Crippen LogP contribution in [0.25, 0.3) is 0 Å². The predicted octanol–water partition coefficient (Wildman–Crippen LogP) is 1.56. The lowest BCUT2D eigenvalue weighted by Gasteiger charge is -2.26. The smallest absolute Gasteiger partial charge is 0.358 e. The van der Waals surface area contributed by atoms with Crippen LogP contribution in [0, 0.1) is 0 Å². The summed E-state index contributed by atoms with van der Waals surface area (Å²) in [6, 6.07) is 9.59. The Kier molecular flexibility index (Phi) is 4.36. The molecule has 0 unspecified atom stereocenters. The van der Waals surface area contributed by atoms with Crippen molar-refractivity contribution in [2.24, 2.45) is 0 Å². The highest BCUT2D eigenvalue weighted by molar-refractivity contribution is 5.87. The van der Waals surface area contributed by atoms with E-state index in [4.69, 9.17) is 0 Å². The third kappa shape index (κ3) is 3.39. The highest BCUT2D eigenvalue weighted by Crippen LogP contribution is 2.37. The third-order valence-electron chi connectivity index (χ3n) is 4.09. The minimum Gasteiger partial charge on any atom is -0.476 e. The van der Waals surface area contributed by atoms with Crippen molar-refractivity contribution in [2.75, 3.05) is 0 Å². The largest absolute Gasteiger partial charge is 0.476 e. The number of hydrogen-bond acceptors (Lipinski definition) is 4. The van der Waals surface area contributed by atoms with E-state index in [0.29, 0.717) is 12.2 Å². The Labute approximate surface area is 133 Å². The molecule has 0 spiro atoms. The quantitative estimate of drug-likeness (QED) is 0.843. The molecule has 0 saturated heterocycles. The molecule has 1 aliphatic rings. The summed E-state index contributed by atoms with van der Waals surface area (Å²) in [6.07, 6.45) is 2.90. The van der Waals surface area contributed by atoms with E-state index in [1.807, 2.05) is 30.3 Å². The average molecular weight is 314 g/mol. The van der Waals surface area contributed by atoms with Crippen molar-refractivity contribution in [2.45, 2.75) is 38.3 Å². The molecule has 1 aromatic heterocycles. The molecule has 0 bridgehead atoms.